The molecule has 0 bridgehead atoms. The maximum Gasteiger partial charge on any atom is 0.278 e. The Hall–Kier alpha value is -2.34. The first kappa shape index (κ1) is 18.5. The maximum atomic E-state index is 13.3. The Labute approximate surface area is 155 Å². The van der Waals surface area contributed by atoms with Crippen LogP contribution in [0, 0.1) is 0 Å². The number of benzene rings is 1. The van der Waals surface area contributed by atoms with Crippen molar-refractivity contribution in [3.63, 3.8) is 0 Å². The van der Waals surface area contributed by atoms with Crippen molar-refractivity contribution in [2.24, 2.45) is 0 Å². The minimum absolute atomic E-state index is 0.0368. The van der Waals surface area contributed by atoms with E-state index in [1.807, 2.05) is 42.2 Å². The molecule has 2 heterocycles. The van der Waals surface area contributed by atoms with Crippen molar-refractivity contribution in [1.29, 1.82) is 0 Å². The molecule has 1 aromatic carbocycles. The summed E-state index contributed by atoms with van der Waals surface area (Å²) in [7, 11) is 2.12. The summed E-state index contributed by atoms with van der Waals surface area (Å²) in [6, 6.07) is 10.0. The lowest BCUT2D eigenvalue weighted by molar-refractivity contribution is 0.0665. The van der Waals surface area contributed by atoms with Crippen LogP contribution < -0.4 is 4.74 Å². The first-order valence-corrected chi connectivity index (χ1v) is 9.41. The zero-order valence-electron chi connectivity index (χ0n) is 15.9. The van der Waals surface area contributed by atoms with Crippen molar-refractivity contribution < 1.29 is 9.53 Å². The van der Waals surface area contributed by atoms with Crippen LogP contribution in [0.3, 0.4) is 0 Å². The first-order chi connectivity index (χ1) is 12.6. The molecule has 6 nitrogen and oxygen atoms in total. The summed E-state index contributed by atoms with van der Waals surface area (Å²) in [5, 5.41) is 4.58. The monoisotopic (exact) mass is 356 g/mol. The number of para-hydroxylation sites is 1. The number of rotatable bonds is 5. The van der Waals surface area contributed by atoms with Crippen molar-refractivity contribution in [2.45, 2.75) is 32.7 Å². The van der Waals surface area contributed by atoms with Gasteiger partial charge in [0.15, 0.2) is 11.4 Å². The van der Waals surface area contributed by atoms with Gasteiger partial charge in [-0.15, -0.1) is 0 Å². The highest BCUT2D eigenvalue weighted by atomic mass is 16.5. The van der Waals surface area contributed by atoms with Crippen LogP contribution in [0.5, 0.6) is 5.75 Å². The number of aromatic nitrogens is 2. The molecular weight excluding hydrogens is 328 g/mol. The number of carbonyl (C=O) groups is 1. The van der Waals surface area contributed by atoms with E-state index in [9.17, 15) is 4.79 Å². The molecule has 26 heavy (non-hydrogen) atoms. The zero-order chi connectivity index (χ0) is 18.5. The third kappa shape index (κ3) is 3.90. The van der Waals surface area contributed by atoms with Gasteiger partial charge in [0.25, 0.3) is 5.91 Å². The lowest BCUT2D eigenvalue weighted by Crippen LogP contribution is -2.43. The van der Waals surface area contributed by atoms with Crippen molar-refractivity contribution >= 4 is 5.91 Å². The van der Waals surface area contributed by atoms with Crippen molar-refractivity contribution in [3.05, 3.63) is 42.2 Å². The van der Waals surface area contributed by atoms with Gasteiger partial charge in [-0.3, -0.25) is 4.79 Å². The van der Waals surface area contributed by atoms with Crippen molar-refractivity contribution in [1.82, 2.24) is 19.6 Å². The van der Waals surface area contributed by atoms with E-state index in [-0.39, 0.29) is 11.9 Å². The summed E-state index contributed by atoms with van der Waals surface area (Å²) in [6.07, 6.45) is 3.71. The third-order valence-corrected chi connectivity index (χ3v) is 4.84. The molecule has 1 saturated heterocycles. The van der Waals surface area contributed by atoms with Gasteiger partial charge in [-0.2, -0.15) is 5.10 Å². The molecule has 0 N–H and O–H groups in total. The van der Waals surface area contributed by atoms with Crippen LogP contribution >= 0.6 is 0 Å². The van der Waals surface area contributed by atoms with Gasteiger partial charge >= 0.3 is 0 Å². The average Bonchev–Trinajstić information content (AvgIpc) is 2.98. The number of nitrogens with zero attached hydrogens (tertiary/aromatic N) is 4. The fraction of sp³-hybridized carbons (Fsp3) is 0.500. The number of hydrogen-bond donors (Lipinski definition) is 0. The summed E-state index contributed by atoms with van der Waals surface area (Å²) in [4.78, 5) is 17.6. The fourth-order valence-electron chi connectivity index (χ4n) is 3.48. The predicted molar refractivity (Wildman–Crippen MR) is 102 cm³/mol. The zero-order valence-corrected chi connectivity index (χ0v) is 15.9. The second-order valence-corrected chi connectivity index (χ2v) is 6.73. The first-order valence-electron chi connectivity index (χ1n) is 9.41. The number of carbonyl (C=O) groups excluding carboxylic acids is 1. The lowest BCUT2D eigenvalue weighted by Gasteiger charge is -2.29. The van der Waals surface area contributed by atoms with E-state index >= 15 is 0 Å². The lowest BCUT2D eigenvalue weighted by atomic mass is 10.1. The van der Waals surface area contributed by atoms with Gasteiger partial charge in [0, 0.05) is 19.1 Å². The summed E-state index contributed by atoms with van der Waals surface area (Å²) >= 11 is 0. The molecule has 0 aliphatic carbocycles. The molecule has 1 aliphatic heterocycles. The van der Waals surface area contributed by atoms with Crippen LogP contribution in [-0.2, 0) is 0 Å². The van der Waals surface area contributed by atoms with Gasteiger partial charge in [0.2, 0.25) is 0 Å². The molecule has 3 rings (SSSR count). The summed E-state index contributed by atoms with van der Waals surface area (Å²) in [5.74, 6) is 0.513. The Balaban J connectivity index is 1.93. The Morgan fingerprint density at radius 3 is 2.69 bits per heavy atom. The molecule has 140 valence electrons. The summed E-state index contributed by atoms with van der Waals surface area (Å²) in [5.41, 5.74) is 1.31. The van der Waals surface area contributed by atoms with Crippen LogP contribution in [-0.4, -0.2) is 64.8 Å². The highest BCUT2D eigenvalue weighted by molar-refractivity contribution is 5.95. The Bertz CT molecular complexity index is 729. The number of ether oxygens (including phenoxy) is 1. The van der Waals surface area contributed by atoms with Crippen LogP contribution in [0.2, 0.25) is 0 Å². The molecule has 1 fully saturated rings. The highest BCUT2D eigenvalue weighted by Gasteiger charge is 2.30. The van der Waals surface area contributed by atoms with E-state index in [0.29, 0.717) is 18.1 Å². The van der Waals surface area contributed by atoms with Gasteiger partial charge in [-0.25, -0.2) is 4.68 Å². The number of amides is 1. The standard InChI is InChI=1S/C20H28N4O2/c1-4-16-14-22(3)12-9-13-23(16)20(25)19-18(26-5-2)15-24(21-19)17-10-7-6-8-11-17/h6-8,10-11,15-16H,4-5,9,12-14H2,1-3H3. The molecule has 2 aromatic rings. The second kappa shape index (κ2) is 8.36. The van der Waals surface area contributed by atoms with Crippen LogP contribution in [0.25, 0.3) is 5.69 Å². The van der Waals surface area contributed by atoms with E-state index in [4.69, 9.17) is 4.74 Å². The topological polar surface area (TPSA) is 50.6 Å². The van der Waals surface area contributed by atoms with Gasteiger partial charge in [0.1, 0.15) is 0 Å². The molecule has 1 aliphatic rings. The molecular formula is C20H28N4O2. The second-order valence-electron chi connectivity index (χ2n) is 6.73. The van der Waals surface area contributed by atoms with Gasteiger partial charge in [-0.05, 0) is 45.5 Å². The van der Waals surface area contributed by atoms with E-state index in [1.54, 1.807) is 10.9 Å². The third-order valence-electron chi connectivity index (χ3n) is 4.84. The SMILES string of the molecule is CCOc1cn(-c2ccccc2)nc1C(=O)N1CCCN(C)CC1CC. The van der Waals surface area contributed by atoms with Crippen molar-refractivity contribution in [3.8, 4) is 11.4 Å². The van der Waals surface area contributed by atoms with Gasteiger partial charge in [-0.1, -0.05) is 25.1 Å². The maximum absolute atomic E-state index is 13.3. The average molecular weight is 356 g/mol. The molecule has 0 radical (unpaired) electrons. The van der Waals surface area contributed by atoms with Crippen molar-refractivity contribution in [2.75, 3.05) is 33.3 Å². The Morgan fingerprint density at radius 1 is 1.23 bits per heavy atom. The minimum Gasteiger partial charge on any atom is -0.490 e. The fourth-order valence-corrected chi connectivity index (χ4v) is 3.48. The minimum atomic E-state index is -0.0368. The Kier molecular flexibility index (Phi) is 5.93. The van der Waals surface area contributed by atoms with E-state index in [0.717, 1.165) is 38.2 Å². The van der Waals surface area contributed by atoms with Crippen LogP contribution in [0.15, 0.2) is 36.5 Å². The predicted octanol–water partition coefficient (Wildman–Crippen LogP) is 2.83. The molecule has 1 unspecified atom stereocenters. The highest BCUT2D eigenvalue weighted by Crippen LogP contribution is 2.24. The molecule has 1 amide bonds. The smallest absolute Gasteiger partial charge is 0.278 e. The Morgan fingerprint density at radius 2 is 2.00 bits per heavy atom. The molecule has 6 heteroatoms. The largest absolute Gasteiger partial charge is 0.490 e. The number of likely N-dealkylation sites (N-methyl/N-ethyl adjacent to an activating group) is 1. The van der Waals surface area contributed by atoms with E-state index in [1.165, 1.54) is 0 Å². The van der Waals surface area contributed by atoms with Gasteiger partial charge < -0.3 is 14.5 Å². The number of hydrogen-bond acceptors (Lipinski definition) is 4. The molecule has 0 spiro atoms. The summed E-state index contributed by atoms with van der Waals surface area (Å²) < 4.78 is 7.46. The van der Waals surface area contributed by atoms with Crippen LogP contribution in [0.1, 0.15) is 37.2 Å². The van der Waals surface area contributed by atoms with E-state index < -0.39 is 0 Å². The molecule has 0 saturated carbocycles. The molecule has 1 atom stereocenters. The summed E-state index contributed by atoms with van der Waals surface area (Å²) in [6.45, 7) is 7.22. The quantitative estimate of drug-likeness (QED) is 0.827. The van der Waals surface area contributed by atoms with Gasteiger partial charge in [0.05, 0.1) is 18.5 Å². The normalized spacial score (nSPS) is 18.6. The van der Waals surface area contributed by atoms with Crippen LogP contribution in [0.4, 0.5) is 0 Å². The van der Waals surface area contributed by atoms with E-state index in [2.05, 4.69) is 24.0 Å². The molecule has 1 aromatic heterocycles.